The van der Waals surface area contributed by atoms with E-state index in [1.54, 1.807) is 0 Å². The summed E-state index contributed by atoms with van der Waals surface area (Å²) < 4.78 is 1.91. The molecule has 0 unspecified atom stereocenters. The second kappa shape index (κ2) is 5.10. The summed E-state index contributed by atoms with van der Waals surface area (Å²) in [5.41, 5.74) is 3.32. The van der Waals surface area contributed by atoms with Crippen LogP contribution in [0, 0.1) is 0 Å². The minimum atomic E-state index is 0.792. The molecule has 96 valence electrons. The van der Waals surface area contributed by atoms with Crippen LogP contribution in [0.2, 0.25) is 0 Å². The van der Waals surface area contributed by atoms with E-state index in [1.807, 2.05) is 29.3 Å². The predicted molar refractivity (Wildman–Crippen MR) is 77.0 cm³/mol. The van der Waals surface area contributed by atoms with Crippen LogP contribution in [-0.2, 0) is 13.1 Å². The Balaban J connectivity index is 1.74. The van der Waals surface area contributed by atoms with Gasteiger partial charge in [0.2, 0.25) is 0 Å². The quantitative estimate of drug-likeness (QED) is 0.776. The molecule has 4 nitrogen and oxygen atoms in total. The molecule has 1 aromatic carbocycles. The van der Waals surface area contributed by atoms with Gasteiger partial charge in [0.25, 0.3) is 0 Å². The van der Waals surface area contributed by atoms with Gasteiger partial charge in [0.05, 0.1) is 17.4 Å². The van der Waals surface area contributed by atoms with Crippen molar-refractivity contribution < 1.29 is 0 Å². The first kappa shape index (κ1) is 11.7. The van der Waals surface area contributed by atoms with Crippen LogP contribution in [0.15, 0.2) is 48.9 Å². The molecule has 0 radical (unpaired) electrons. The highest BCUT2D eigenvalue weighted by Crippen LogP contribution is 2.14. The molecule has 0 bridgehead atoms. The van der Waals surface area contributed by atoms with E-state index >= 15 is 0 Å². The van der Waals surface area contributed by atoms with E-state index in [9.17, 15) is 0 Å². The maximum atomic E-state index is 4.32. The Morgan fingerprint density at radius 2 is 2.21 bits per heavy atom. The Morgan fingerprint density at radius 1 is 1.26 bits per heavy atom. The zero-order valence-electron chi connectivity index (χ0n) is 10.9. The normalized spacial score (nSPS) is 10.8. The smallest absolute Gasteiger partial charge is 0.0729 e. The summed E-state index contributed by atoms with van der Waals surface area (Å²) in [6.45, 7) is 3.76. The number of pyridine rings is 1. The third-order valence-corrected chi connectivity index (χ3v) is 3.12. The van der Waals surface area contributed by atoms with E-state index in [0.717, 1.165) is 24.3 Å². The van der Waals surface area contributed by atoms with Gasteiger partial charge in [0.1, 0.15) is 0 Å². The summed E-state index contributed by atoms with van der Waals surface area (Å²) in [5.74, 6) is 0. The Labute approximate surface area is 112 Å². The number of nitrogens with zero attached hydrogens (tertiary/aromatic N) is 3. The highest BCUT2D eigenvalue weighted by Gasteiger charge is 1.99. The van der Waals surface area contributed by atoms with Gasteiger partial charge >= 0.3 is 0 Å². The fourth-order valence-electron chi connectivity index (χ4n) is 2.07. The second-order valence-electron chi connectivity index (χ2n) is 4.47. The maximum absolute atomic E-state index is 4.32. The van der Waals surface area contributed by atoms with Crippen LogP contribution in [0.1, 0.15) is 12.5 Å². The van der Waals surface area contributed by atoms with Gasteiger partial charge in [-0.15, -0.1) is 0 Å². The lowest BCUT2D eigenvalue weighted by molar-refractivity contribution is 0.660. The zero-order chi connectivity index (χ0) is 13.1. The lowest BCUT2D eigenvalue weighted by Crippen LogP contribution is -1.98. The topological polar surface area (TPSA) is 42.7 Å². The monoisotopic (exact) mass is 252 g/mol. The average Bonchev–Trinajstić information content (AvgIpc) is 2.93. The van der Waals surface area contributed by atoms with Gasteiger partial charge in [-0.2, -0.15) is 5.10 Å². The molecule has 2 aromatic heterocycles. The molecule has 2 heterocycles. The number of aryl methyl sites for hydroxylation is 1. The molecule has 3 aromatic rings. The van der Waals surface area contributed by atoms with Crippen molar-refractivity contribution in [2.24, 2.45) is 0 Å². The number of anilines is 1. The fraction of sp³-hybridized carbons (Fsp3) is 0.200. The highest BCUT2D eigenvalue weighted by atomic mass is 15.3. The van der Waals surface area contributed by atoms with Crippen LogP contribution >= 0.6 is 0 Å². The molecule has 0 amide bonds. The molecule has 0 aliphatic heterocycles. The third kappa shape index (κ3) is 2.57. The van der Waals surface area contributed by atoms with Crippen molar-refractivity contribution in [3.63, 3.8) is 0 Å². The van der Waals surface area contributed by atoms with Crippen molar-refractivity contribution in [3.8, 4) is 0 Å². The lowest BCUT2D eigenvalue weighted by atomic mass is 10.1. The zero-order valence-corrected chi connectivity index (χ0v) is 10.9. The minimum Gasteiger partial charge on any atom is -0.378 e. The molecule has 0 atom stereocenters. The molecule has 4 heteroatoms. The standard InChI is InChI=1S/C15H16N4/c1-2-19-11-14(10-18-19)17-9-12-5-6-15-13(8-12)4-3-7-16-15/h3-8,10-11,17H,2,9H2,1H3. The van der Waals surface area contributed by atoms with Crippen molar-refractivity contribution >= 4 is 16.6 Å². The molecule has 19 heavy (non-hydrogen) atoms. The van der Waals surface area contributed by atoms with Crippen LogP contribution in [-0.4, -0.2) is 14.8 Å². The van der Waals surface area contributed by atoms with E-state index in [-0.39, 0.29) is 0 Å². The number of hydrogen-bond donors (Lipinski definition) is 1. The van der Waals surface area contributed by atoms with Crippen molar-refractivity contribution in [1.82, 2.24) is 14.8 Å². The van der Waals surface area contributed by atoms with Crippen molar-refractivity contribution in [2.75, 3.05) is 5.32 Å². The van der Waals surface area contributed by atoms with Crippen LogP contribution in [0.5, 0.6) is 0 Å². The minimum absolute atomic E-state index is 0.792. The van der Waals surface area contributed by atoms with Crippen molar-refractivity contribution in [2.45, 2.75) is 20.0 Å². The van der Waals surface area contributed by atoms with Gasteiger partial charge in [-0.3, -0.25) is 9.67 Å². The first-order valence-electron chi connectivity index (χ1n) is 6.45. The van der Waals surface area contributed by atoms with Gasteiger partial charge in [-0.25, -0.2) is 0 Å². The third-order valence-electron chi connectivity index (χ3n) is 3.12. The van der Waals surface area contributed by atoms with Gasteiger partial charge in [0.15, 0.2) is 0 Å². The Morgan fingerprint density at radius 3 is 3.05 bits per heavy atom. The van der Waals surface area contributed by atoms with Crippen LogP contribution in [0.4, 0.5) is 5.69 Å². The first-order valence-corrected chi connectivity index (χ1v) is 6.45. The summed E-state index contributed by atoms with van der Waals surface area (Å²) in [6.07, 6.45) is 5.69. The van der Waals surface area contributed by atoms with Crippen LogP contribution in [0.25, 0.3) is 10.9 Å². The Hall–Kier alpha value is -2.36. The van der Waals surface area contributed by atoms with E-state index in [2.05, 4.69) is 46.6 Å². The molecule has 0 aliphatic rings. The van der Waals surface area contributed by atoms with Crippen LogP contribution in [0.3, 0.4) is 0 Å². The van der Waals surface area contributed by atoms with Gasteiger partial charge in [0, 0.05) is 30.9 Å². The molecule has 0 saturated heterocycles. The Kier molecular flexibility index (Phi) is 3.14. The number of hydrogen-bond acceptors (Lipinski definition) is 3. The maximum Gasteiger partial charge on any atom is 0.0729 e. The molecule has 0 spiro atoms. The van der Waals surface area contributed by atoms with E-state index < -0.39 is 0 Å². The van der Waals surface area contributed by atoms with Gasteiger partial charge in [-0.1, -0.05) is 12.1 Å². The first-order chi connectivity index (χ1) is 9.35. The lowest BCUT2D eigenvalue weighted by Gasteiger charge is -2.05. The Bertz CT molecular complexity index is 687. The highest BCUT2D eigenvalue weighted by molar-refractivity contribution is 5.78. The molecule has 3 rings (SSSR count). The summed E-state index contributed by atoms with van der Waals surface area (Å²) in [5, 5.41) is 8.79. The summed E-state index contributed by atoms with van der Waals surface area (Å²) in [4.78, 5) is 4.32. The van der Waals surface area contributed by atoms with Crippen LogP contribution < -0.4 is 5.32 Å². The second-order valence-corrected chi connectivity index (χ2v) is 4.47. The van der Waals surface area contributed by atoms with E-state index in [1.165, 1.54) is 10.9 Å². The predicted octanol–water partition coefficient (Wildman–Crippen LogP) is 3.06. The largest absolute Gasteiger partial charge is 0.378 e. The van der Waals surface area contributed by atoms with E-state index in [4.69, 9.17) is 0 Å². The fourth-order valence-corrected chi connectivity index (χ4v) is 2.07. The molecule has 1 N–H and O–H groups in total. The molecule has 0 aliphatic carbocycles. The number of rotatable bonds is 4. The molecular formula is C15H16N4. The summed E-state index contributed by atoms with van der Waals surface area (Å²) >= 11 is 0. The summed E-state index contributed by atoms with van der Waals surface area (Å²) in [6, 6.07) is 10.4. The molecule has 0 saturated carbocycles. The van der Waals surface area contributed by atoms with Gasteiger partial charge < -0.3 is 5.32 Å². The van der Waals surface area contributed by atoms with Gasteiger partial charge in [-0.05, 0) is 30.7 Å². The van der Waals surface area contributed by atoms with Crippen molar-refractivity contribution in [1.29, 1.82) is 0 Å². The molecule has 0 fully saturated rings. The number of fused-ring (bicyclic) bond motifs is 1. The van der Waals surface area contributed by atoms with Crippen molar-refractivity contribution in [3.05, 3.63) is 54.5 Å². The molecular weight excluding hydrogens is 236 g/mol. The number of aromatic nitrogens is 3. The SMILES string of the molecule is CCn1cc(NCc2ccc3ncccc3c2)cn1. The average molecular weight is 252 g/mol. The summed E-state index contributed by atoms with van der Waals surface area (Å²) in [7, 11) is 0. The number of benzene rings is 1. The van der Waals surface area contributed by atoms with E-state index in [0.29, 0.717) is 0 Å². The number of nitrogens with one attached hydrogen (secondary N) is 1.